The summed E-state index contributed by atoms with van der Waals surface area (Å²) in [4.78, 5) is 25.0. The second-order valence-electron chi connectivity index (χ2n) is 4.02. The molecule has 0 saturated heterocycles. The number of anilines is 1. The molecule has 0 atom stereocenters. The van der Waals surface area contributed by atoms with Crippen molar-refractivity contribution in [3.8, 4) is 0 Å². The number of H-pyrrole nitrogens is 1. The number of rotatable bonds is 4. The molecule has 2 aromatic rings. The molecule has 0 fully saturated rings. The van der Waals surface area contributed by atoms with E-state index in [1.54, 1.807) is 0 Å². The molecule has 22 heavy (non-hydrogen) atoms. The predicted molar refractivity (Wildman–Crippen MR) is 73.5 cm³/mol. The van der Waals surface area contributed by atoms with E-state index in [2.05, 4.69) is 20.5 Å². The van der Waals surface area contributed by atoms with Crippen LogP contribution in [0, 0.1) is 0 Å². The summed E-state index contributed by atoms with van der Waals surface area (Å²) in [5.74, 6) is -0.880. The minimum Gasteiger partial charge on any atom is -0.325 e. The van der Waals surface area contributed by atoms with Crippen LogP contribution in [0.4, 0.5) is 18.9 Å². The lowest BCUT2D eigenvalue weighted by molar-refractivity contribution is -0.137. The number of hydrogen-bond donors (Lipinski definition) is 2. The Morgan fingerprint density at radius 1 is 1.32 bits per heavy atom. The standard InChI is InChI=1S/C12H9F3N4O2S/c13-12(14,15)7-3-1-2-4-8(7)17-10(21)6-22-11-18-9(20)5-16-19-11/h1-5H,6H2,(H,17,21)(H,18,19,20). The summed E-state index contributed by atoms with van der Waals surface area (Å²) in [6, 6.07) is 4.66. The first-order valence-corrected chi connectivity index (χ1v) is 6.85. The van der Waals surface area contributed by atoms with Crippen molar-refractivity contribution >= 4 is 23.4 Å². The van der Waals surface area contributed by atoms with Crippen LogP contribution in [0.2, 0.25) is 0 Å². The van der Waals surface area contributed by atoms with Gasteiger partial charge in [0.15, 0.2) is 5.16 Å². The lowest BCUT2D eigenvalue weighted by Gasteiger charge is -2.13. The van der Waals surface area contributed by atoms with Crippen molar-refractivity contribution in [2.24, 2.45) is 0 Å². The average molecular weight is 330 g/mol. The Kier molecular flexibility index (Phi) is 4.81. The summed E-state index contributed by atoms with van der Waals surface area (Å²) < 4.78 is 38.3. The Hall–Kier alpha value is -2.36. The van der Waals surface area contributed by atoms with Crippen LogP contribution in [0.3, 0.4) is 0 Å². The number of nitrogens with one attached hydrogen (secondary N) is 2. The Bertz CT molecular complexity index is 733. The van der Waals surface area contributed by atoms with Gasteiger partial charge < -0.3 is 5.32 Å². The molecular formula is C12H9F3N4O2S. The molecule has 0 spiro atoms. The average Bonchev–Trinajstić information content (AvgIpc) is 2.45. The zero-order valence-corrected chi connectivity index (χ0v) is 11.7. The fourth-order valence-corrected chi connectivity index (χ4v) is 2.14. The summed E-state index contributed by atoms with van der Waals surface area (Å²) in [5.41, 5.74) is -1.74. The van der Waals surface area contributed by atoms with E-state index >= 15 is 0 Å². The Labute approximate surface area is 126 Å². The molecule has 1 heterocycles. The highest BCUT2D eigenvalue weighted by Gasteiger charge is 2.33. The maximum absolute atomic E-state index is 12.8. The van der Waals surface area contributed by atoms with Gasteiger partial charge >= 0.3 is 6.18 Å². The van der Waals surface area contributed by atoms with Gasteiger partial charge in [-0.25, -0.2) is 0 Å². The molecule has 0 unspecified atom stereocenters. The monoisotopic (exact) mass is 330 g/mol. The first kappa shape index (κ1) is 16.0. The van der Waals surface area contributed by atoms with Crippen LogP contribution >= 0.6 is 11.8 Å². The predicted octanol–water partition coefficient (Wildman–Crippen LogP) is 1.91. The smallest absolute Gasteiger partial charge is 0.325 e. The fourth-order valence-electron chi connectivity index (χ4n) is 1.52. The van der Waals surface area contributed by atoms with Crippen LogP contribution in [0.1, 0.15) is 5.56 Å². The molecule has 2 N–H and O–H groups in total. The van der Waals surface area contributed by atoms with Crippen molar-refractivity contribution in [2.45, 2.75) is 11.3 Å². The van der Waals surface area contributed by atoms with Gasteiger partial charge in [-0.15, -0.1) is 5.10 Å². The van der Waals surface area contributed by atoms with Gasteiger partial charge in [-0.3, -0.25) is 14.6 Å². The lowest BCUT2D eigenvalue weighted by atomic mass is 10.1. The number of alkyl halides is 3. The largest absolute Gasteiger partial charge is 0.418 e. The van der Waals surface area contributed by atoms with E-state index in [0.717, 1.165) is 30.1 Å². The van der Waals surface area contributed by atoms with E-state index in [1.807, 2.05) is 0 Å². The maximum Gasteiger partial charge on any atom is 0.418 e. The Morgan fingerprint density at radius 3 is 2.73 bits per heavy atom. The summed E-state index contributed by atoms with van der Waals surface area (Å²) >= 11 is 0.853. The highest BCUT2D eigenvalue weighted by Crippen LogP contribution is 2.34. The quantitative estimate of drug-likeness (QED) is 0.836. The molecule has 2 rings (SSSR count). The van der Waals surface area contributed by atoms with Gasteiger partial charge in [-0.05, 0) is 12.1 Å². The lowest BCUT2D eigenvalue weighted by Crippen LogP contribution is -2.18. The van der Waals surface area contributed by atoms with Crippen LogP contribution in [-0.4, -0.2) is 26.8 Å². The molecule has 0 radical (unpaired) electrons. The molecular weight excluding hydrogens is 321 g/mol. The van der Waals surface area contributed by atoms with E-state index in [9.17, 15) is 22.8 Å². The number of hydrogen-bond acceptors (Lipinski definition) is 5. The van der Waals surface area contributed by atoms with Crippen molar-refractivity contribution < 1.29 is 18.0 Å². The number of para-hydroxylation sites is 1. The van der Waals surface area contributed by atoms with Gasteiger partial charge in [-0.1, -0.05) is 23.9 Å². The van der Waals surface area contributed by atoms with Crippen molar-refractivity contribution in [3.05, 3.63) is 46.4 Å². The molecule has 0 aliphatic rings. The summed E-state index contributed by atoms with van der Waals surface area (Å²) in [6.07, 6.45) is -3.60. The molecule has 116 valence electrons. The minimum absolute atomic E-state index is 0.103. The Balaban J connectivity index is 2.02. The van der Waals surface area contributed by atoms with Gasteiger partial charge in [0, 0.05) is 0 Å². The van der Waals surface area contributed by atoms with E-state index in [-0.39, 0.29) is 16.6 Å². The van der Waals surface area contributed by atoms with Gasteiger partial charge in [-0.2, -0.15) is 18.3 Å². The molecule has 6 nitrogen and oxygen atoms in total. The minimum atomic E-state index is -4.56. The maximum atomic E-state index is 12.8. The summed E-state index contributed by atoms with van der Waals surface area (Å²) in [5, 5.41) is 9.26. The van der Waals surface area contributed by atoms with Gasteiger partial charge in [0.1, 0.15) is 6.20 Å². The van der Waals surface area contributed by atoms with Crippen LogP contribution in [-0.2, 0) is 11.0 Å². The molecule has 0 aliphatic carbocycles. The number of amides is 1. The van der Waals surface area contributed by atoms with Crippen LogP contribution in [0.15, 0.2) is 40.4 Å². The number of benzene rings is 1. The zero-order chi connectivity index (χ0) is 16.2. The molecule has 1 aromatic heterocycles. The normalized spacial score (nSPS) is 11.2. The third kappa shape index (κ3) is 4.32. The second-order valence-corrected chi connectivity index (χ2v) is 4.98. The van der Waals surface area contributed by atoms with Gasteiger partial charge in [0.2, 0.25) is 5.91 Å². The molecule has 1 amide bonds. The number of aromatic nitrogens is 3. The van der Waals surface area contributed by atoms with Crippen LogP contribution < -0.4 is 10.9 Å². The SMILES string of the molecule is O=C(CSc1nncc(=O)[nH]1)Nc1ccccc1C(F)(F)F. The van der Waals surface area contributed by atoms with Crippen molar-refractivity contribution in [3.63, 3.8) is 0 Å². The van der Waals surface area contributed by atoms with Crippen molar-refractivity contribution in [2.75, 3.05) is 11.1 Å². The zero-order valence-electron chi connectivity index (χ0n) is 10.8. The molecule has 0 bridgehead atoms. The third-order valence-electron chi connectivity index (χ3n) is 2.40. The number of thioether (sulfide) groups is 1. The number of nitrogens with zero attached hydrogens (tertiary/aromatic N) is 2. The number of aromatic amines is 1. The molecule has 10 heteroatoms. The molecule has 0 saturated carbocycles. The highest BCUT2D eigenvalue weighted by molar-refractivity contribution is 7.99. The second kappa shape index (κ2) is 6.60. The first-order chi connectivity index (χ1) is 10.4. The van der Waals surface area contributed by atoms with Crippen molar-refractivity contribution in [1.82, 2.24) is 15.2 Å². The summed E-state index contributed by atoms with van der Waals surface area (Å²) in [7, 11) is 0. The van der Waals surface area contributed by atoms with Gasteiger partial charge in [0.25, 0.3) is 5.56 Å². The molecule has 1 aromatic carbocycles. The van der Waals surface area contributed by atoms with E-state index in [4.69, 9.17) is 0 Å². The van der Waals surface area contributed by atoms with Gasteiger partial charge in [0.05, 0.1) is 17.0 Å². The molecule has 0 aliphatic heterocycles. The number of halogens is 3. The highest BCUT2D eigenvalue weighted by atomic mass is 32.2. The topological polar surface area (TPSA) is 87.7 Å². The first-order valence-electron chi connectivity index (χ1n) is 5.87. The van der Waals surface area contributed by atoms with E-state index in [0.29, 0.717) is 0 Å². The fraction of sp³-hybridized carbons (Fsp3) is 0.167. The van der Waals surface area contributed by atoms with E-state index in [1.165, 1.54) is 12.1 Å². The number of carbonyl (C=O) groups excluding carboxylic acids is 1. The Morgan fingerprint density at radius 2 is 2.05 bits per heavy atom. The van der Waals surface area contributed by atoms with Crippen LogP contribution in [0.25, 0.3) is 0 Å². The van der Waals surface area contributed by atoms with E-state index < -0.39 is 23.2 Å². The van der Waals surface area contributed by atoms with Crippen molar-refractivity contribution in [1.29, 1.82) is 0 Å². The number of carbonyl (C=O) groups is 1. The third-order valence-corrected chi connectivity index (χ3v) is 3.26. The van der Waals surface area contributed by atoms with Crippen LogP contribution in [0.5, 0.6) is 0 Å². The summed E-state index contributed by atoms with van der Waals surface area (Å²) in [6.45, 7) is 0.